The van der Waals surface area contributed by atoms with E-state index in [4.69, 9.17) is 5.73 Å². The van der Waals surface area contributed by atoms with Crippen LogP contribution in [0.25, 0.3) is 5.00 Å². The maximum atomic E-state index is 12.8. The normalized spacial score (nSPS) is 10.6. The van der Waals surface area contributed by atoms with Crippen LogP contribution >= 0.6 is 11.3 Å². The Morgan fingerprint density at radius 2 is 1.76 bits per heavy atom. The van der Waals surface area contributed by atoms with Crippen LogP contribution in [-0.4, -0.2) is 16.4 Å². The molecular weight excluding hydrogens is 334 g/mol. The van der Waals surface area contributed by atoms with Gasteiger partial charge in [-0.25, -0.2) is 0 Å². The summed E-state index contributed by atoms with van der Waals surface area (Å²) in [6, 6.07) is 11.0. The van der Waals surface area contributed by atoms with Crippen LogP contribution in [0.4, 0.5) is 5.69 Å². The Hall–Kier alpha value is -2.86. The summed E-state index contributed by atoms with van der Waals surface area (Å²) in [6.07, 6.45) is 4.05. The highest BCUT2D eigenvalue weighted by atomic mass is 32.1. The lowest BCUT2D eigenvalue weighted by molar-refractivity contribution is -0.117. The Balaban J connectivity index is 1.85. The van der Waals surface area contributed by atoms with E-state index >= 15 is 0 Å². The van der Waals surface area contributed by atoms with Crippen molar-refractivity contribution >= 4 is 28.8 Å². The first kappa shape index (κ1) is 17.0. The van der Waals surface area contributed by atoms with Crippen LogP contribution < -0.4 is 11.1 Å². The quantitative estimate of drug-likeness (QED) is 0.737. The number of rotatable bonds is 5. The Kier molecular flexibility index (Phi) is 4.72. The van der Waals surface area contributed by atoms with Gasteiger partial charge in [0.15, 0.2) is 0 Å². The second-order valence-electron chi connectivity index (χ2n) is 5.85. The maximum absolute atomic E-state index is 12.8. The van der Waals surface area contributed by atoms with Crippen LogP contribution in [0.2, 0.25) is 0 Å². The molecule has 0 radical (unpaired) electrons. The molecule has 0 saturated heterocycles. The second kappa shape index (κ2) is 6.94. The number of nitrogens with zero attached hydrogens (tertiary/aromatic N) is 1. The molecule has 0 aliphatic heterocycles. The van der Waals surface area contributed by atoms with Gasteiger partial charge in [-0.1, -0.05) is 12.1 Å². The van der Waals surface area contributed by atoms with Crippen LogP contribution in [0.5, 0.6) is 0 Å². The van der Waals surface area contributed by atoms with Crippen molar-refractivity contribution in [1.82, 2.24) is 4.57 Å². The van der Waals surface area contributed by atoms with Gasteiger partial charge < -0.3 is 15.6 Å². The summed E-state index contributed by atoms with van der Waals surface area (Å²) in [7, 11) is 0. The molecule has 5 nitrogen and oxygen atoms in total. The van der Waals surface area contributed by atoms with Crippen LogP contribution in [0, 0.1) is 13.8 Å². The summed E-state index contributed by atoms with van der Waals surface area (Å²) in [5, 5.41) is 3.84. The molecule has 3 aromatic rings. The summed E-state index contributed by atoms with van der Waals surface area (Å²) < 4.78 is 1.95. The van der Waals surface area contributed by atoms with E-state index in [9.17, 15) is 9.59 Å². The molecule has 2 aromatic heterocycles. The molecule has 3 rings (SSSR count). The minimum absolute atomic E-state index is 0.145. The number of hydrogen-bond donors (Lipinski definition) is 2. The van der Waals surface area contributed by atoms with E-state index in [1.165, 1.54) is 0 Å². The largest absolute Gasteiger partial charge is 0.369 e. The van der Waals surface area contributed by atoms with Gasteiger partial charge in [0.05, 0.1) is 12.0 Å². The zero-order chi connectivity index (χ0) is 18.0. The molecule has 128 valence electrons. The fraction of sp³-hybridized carbons (Fsp3) is 0.158. The zero-order valence-corrected chi connectivity index (χ0v) is 14.9. The van der Waals surface area contributed by atoms with E-state index in [1.807, 2.05) is 42.9 Å². The average Bonchev–Trinajstić information content (AvgIpc) is 3.18. The number of thiophene rings is 1. The number of hydrogen-bond acceptors (Lipinski definition) is 3. The standard InChI is InChI=1S/C19H19N3O2S/c1-12-13(2)25-19(22-9-3-4-10-22)17(12)18(24)21-15-7-5-14(6-8-15)11-16(20)23/h3-10H,11H2,1-2H3,(H2,20,23)(H,21,24). The van der Waals surface area contributed by atoms with Gasteiger partial charge in [0, 0.05) is 23.0 Å². The van der Waals surface area contributed by atoms with E-state index in [0.717, 1.165) is 21.0 Å². The van der Waals surface area contributed by atoms with Gasteiger partial charge in [0.2, 0.25) is 5.91 Å². The van der Waals surface area contributed by atoms with E-state index in [1.54, 1.807) is 35.6 Å². The molecule has 0 bridgehead atoms. The van der Waals surface area contributed by atoms with Gasteiger partial charge in [-0.2, -0.15) is 0 Å². The van der Waals surface area contributed by atoms with Crippen molar-refractivity contribution in [2.45, 2.75) is 20.3 Å². The fourth-order valence-corrected chi connectivity index (χ4v) is 3.75. The van der Waals surface area contributed by atoms with Gasteiger partial charge in [0.25, 0.3) is 5.91 Å². The van der Waals surface area contributed by atoms with Crippen molar-refractivity contribution in [3.05, 3.63) is 70.4 Å². The molecular formula is C19H19N3O2S. The van der Waals surface area contributed by atoms with E-state index in [0.29, 0.717) is 11.3 Å². The lowest BCUT2D eigenvalue weighted by atomic mass is 10.1. The molecule has 3 N–H and O–H groups in total. The number of nitrogens with one attached hydrogen (secondary N) is 1. The molecule has 0 spiro atoms. The molecule has 0 saturated carbocycles. The summed E-state index contributed by atoms with van der Waals surface area (Å²) in [4.78, 5) is 24.9. The van der Waals surface area contributed by atoms with Crippen molar-refractivity contribution in [1.29, 1.82) is 0 Å². The lowest BCUT2D eigenvalue weighted by Gasteiger charge is -2.09. The van der Waals surface area contributed by atoms with Gasteiger partial charge in [0.1, 0.15) is 5.00 Å². The van der Waals surface area contributed by atoms with Gasteiger partial charge >= 0.3 is 0 Å². The second-order valence-corrected chi connectivity index (χ2v) is 7.05. The van der Waals surface area contributed by atoms with Gasteiger partial charge in [-0.15, -0.1) is 11.3 Å². The summed E-state index contributed by atoms with van der Waals surface area (Å²) in [6.45, 7) is 3.98. The van der Waals surface area contributed by atoms with Crippen molar-refractivity contribution in [3.8, 4) is 5.00 Å². The van der Waals surface area contributed by atoms with Crippen molar-refractivity contribution < 1.29 is 9.59 Å². The molecule has 6 heteroatoms. The minimum Gasteiger partial charge on any atom is -0.369 e. The van der Waals surface area contributed by atoms with Crippen molar-refractivity contribution in [2.75, 3.05) is 5.32 Å². The van der Waals surface area contributed by atoms with Crippen LogP contribution in [-0.2, 0) is 11.2 Å². The number of primary amides is 1. The smallest absolute Gasteiger partial charge is 0.258 e. The van der Waals surface area contributed by atoms with Crippen molar-refractivity contribution in [3.63, 3.8) is 0 Å². The predicted molar refractivity (Wildman–Crippen MR) is 100 cm³/mol. The monoisotopic (exact) mass is 353 g/mol. The number of anilines is 1. The lowest BCUT2D eigenvalue weighted by Crippen LogP contribution is -2.15. The van der Waals surface area contributed by atoms with Crippen LogP contribution in [0.3, 0.4) is 0 Å². The fourth-order valence-electron chi connectivity index (χ4n) is 2.63. The number of carbonyl (C=O) groups excluding carboxylic acids is 2. The first-order valence-corrected chi connectivity index (χ1v) is 8.69. The highest BCUT2D eigenvalue weighted by molar-refractivity contribution is 7.15. The topological polar surface area (TPSA) is 77.1 Å². The number of aromatic nitrogens is 1. The van der Waals surface area contributed by atoms with E-state index < -0.39 is 0 Å². The SMILES string of the molecule is Cc1sc(-n2cccc2)c(C(=O)Nc2ccc(CC(N)=O)cc2)c1C. The first-order chi connectivity index (χ1) is 12.0. The molecule has 2 heterocycles. The Bertz CT molecular complexity index is 909. The van der Waals surface area contributed by atoms with Crippen LogP contribution in [0.1, 0.15) is 26.4 Å². The van der Waals surface area contributed by atoms with Gasteiger partial charge in [-0.3, -0.25) is 9.59 Å². The van der Waals surface area contributed by atoms with Crippen LogP contribution in [0.15, 0.2) is 48.8 Å². The molecule has 25 heavy (non-hydrogen) atoms. The molecule has 1 aromatic carbocycles. The number of amides is 2. The summed E-state index contributed by atoms with van der Waals surface area (Å²) >= 11 is 1.60. The minimum atomic E-state index is -0.377. The molecule has 0 unspecified atom stereocenters. The highest BCUT2D eigenvalue weighted by Crippen LogP contribution is 2.31. The third-order valence-electron chi connectivity index (χ3n) is 4.02. The Morgan fingerprint density at radius 1 is 1.12 bits per heavy atom. The molecule has 0 aliphatic rings. The molecule has 0 fully saturated rings. The first-order valence-electron chi connectivity index (χ1n) is 7.87. The Labute approximate surface area is 150 Å². The van der Waals surface area contributed by atoms with Crippen molar-refractivity contribution in [2.24, 2.45) is 5.73 Å². The third-order valence-corrected chi connectivity index (χ3v) is 5.24. The number of carbonyl (C=O) groups is 2. The predicted octanol–water partition coefficient (Wildman–Crippen LogP) is 3.44. The zero-order valence-electron chi connectivity index (χ0n) is 14.1. The highest BCUT2D eigenvalue weighted by Gasteiger charge is 2.20. The van der Waals surface area contributed by atoms with E-state index in [2.05, 4.69) is 5.32 Å². The number of nitrogens with two attached hydrogens (primary N) is 1. The Morgan fingerprint density at radius 3 is 2.36 bits per heavy atom. The summed E-state index contributed by atoms with van der Waals surface area (Å²) in [5.41, 5.74) is 8.36. The molecule has 0 atom stereocenters. The maximum Gasteiger partial charge on any atom is 0.258 e. The van der Waals surface area contributed by atoms with Gasteiger partial charge in [-0.05, 0) is 49.2 Å². The number of benzene rings is 1. The van der Waals surface area contributed by atoms with E-state index in [-0.39, 0.29) is 18.2 Å². The third kappa shape index (κ3) is 3.64. The summed E-state index contributed by atoms with van der Waals surface area (Å²) in [5.74, 6) is -0.522. The average molecular weight is 353 g/mol. The molecule has 2 amide bonds. The molecule has 0 aliphatic carbocycles. The number of aryl methyl sites for hydroxylation is 1.